The van der Waals surface area contributed by atoms with Crippen molar-refractivity contribution in [1.82, 2.24) is 15.4 Å². The number of hydrogen-bond donors (Lipinski definition) is 1. The Kier molecular flexibility index (Phi) is 4.93. The Morgan fingerprint density at radius 1 is 1.68 bits per heavy atom. The zero-order valence-electron chi connectivity index (χ0n) is 11.5. The van der Waals surface area contributed by atoms with Crippen molar-refractivity contribution in [2.45, 2.75) is 25.8 Å². The third kappa shape index (κ3) is 3.78. The van der Waals surface area contributed by atoms with Crippen LogP contribution in [-0.2, 0) is 4.74 Å². The Labute approximate surface area is 113 Å². The lowest BCUT2D eigenvalue weighted by Crippen LogP contribution is -2.42. The van der Waals surface area contributed by atoms with Gasteiger partial charge in [-0.2, -0.15) is 0 Å². The number of carbonyl (C=O) groups is 1. The van der Waals surface area contributed by atoms with Crippen molar-refractivity contribution >= 4 is 5.91 Å². The topological polar surface area (TPSA) is 67.6 Å². The molecule has 0 bridgehead atoms. The van der Waals surface area contributed by atoms with Crippen molar-refractivity contribution in [3.05, 3.63) is 17.5 Å². The van der Waals surface area contributed by atoms with E-state index >= 15 is 0 Å². The fourth-order valence-corrected chi connectivity index (χ4v) is 2.28. The average molecular weight is 267 g/mol. The number of rotatable bonds is 6. The first-order valence-electron chi connectivity index (χ1n) is 6.65. The van der Waals surface area contributed by atoms with E-state index < -0.39 is 0 Å². The first-order chi connectivity index (χ1) is 9.20. The first kappa shape index (κ1) is 14.0. The highest BCUT2D eigenvalue weighted by molar-refractivity contribution is 5.91. The van der Waals surface area contributed by atoms with Crippen molar-refractivity contribution < 1.29 is 14.1 Å². The molecule has 1 fully saturated rings. The number of amides is 1. The van der Waals surface area contributed by atoms with Gasteiger partial charge in [-0.25, -0.2) is 0 Å². The number of hydrogen-bond acceptors (Lipinski definition) is 5. The zero-order valence-corrected chi connectivity index (χ0v) is 11.5. The summed E-state index contributed by atoms with van der Waals surface area (Å²) in [5, 5.41) is 7.16. The third-order valence-electron chi connectivity index (χ3n) is 3.29. The summed E-state index contributed by atoms with van der Waals surface area (Å²) >= 11 is 0. The molecule has 1 aromatic heterocycles. The predicted octanol–water partition coefficient (Wildman–Crippen LogP) is 0.824. The largest absolute Gasteiger partial charge is 0.383 e. The normalized spacial score (nSPS) is 18.7. The summed E-state index contributed by atoms with van der Waals surface area (Å²) in [6, 6.07) is 2.04. The minimum absolute atomic E-state index is 0.119. The van der Waals surface area contributed by atoms with E-state index in [0.29, 0.717) is 37.2 Å². The molecule has 1 aliphatic rings. The number of carbonyl (C=O) groups excluding carboxylic acids is 1. The van der Waals surface area contributed by atoms with Gasteiger partial charge in [0.1, 0.15) is 0 Å². The van der Waals surface area contributed by atoms with E-state index in [1.807, 2.05) is 0 Å². The minimum Gasteiger partial charge on any atom is -0.383 e. The lowest BCUT2D eigenvalue weighted by molar-refractivity contribution is 0.0639. The van der Waals surface area contributed by atoms with Gasteiger partial charge in [0, 0.05) is 32.3 Å². The second kappa shape index (κ2) is 6.68. The number of ether oxygens (including phenoxy) is 1. The fourth-order valence-electron chi connectivity index (χ4n) is 2.28. The van der Waals surface area contributed by atoms with Gasteiger partial charge in [-0.05, 0) is 26.3 Å². The van der Waals surface area contributed by atoms with Gasteiger partial charge in [-0.1, -0.05) is 5.16 Å². The Morgan fingerprint density at radius 2 is 2.53 bits per heavy atom. The van der Waals surface area contributed by atoms with Crippen LogP contribution in [0.15, 0.2) is 10.6 Å². The van der Waals surface area contributed by atoms with Gasteiger partial charge in [0.2, 0.25) is 5.76 Å². The SMILES string of the molecule is COCCN(CC1CCCN1)C(=O)c1cc(C)no1. The van der Waals surface area contributed by atoms with Crippen LogP contribution in [0, 0.1) is 6.92 Å². The summed E-state index contributed by atoms with van der Waals surface area (Å²) in [4.78, 5) is 14.1. The summed E-state index contributed by atoms with van der Waals surface area (Å²) in [6.45, 7) is 4.59. The summed E-state index contributed by atoms with van der Waals surface area (Å²) in [5.41, 5.74) is 0.717. The van der Waals surface area contributed by atoms with Crippen molar-refractivity contribution in [3.63, 3.8) is 0 Å². The Hall–Kier alpha value is -1.40. The Morgan fingerprint density at radius 3 is 3.11 bits per heavy atom. The molecule has 6 nitrogen and oxygen atoms in total. The number of nitrogens with zero attached hydrogens (tertiary/aromatic N) is 2. The van der Waals surface area contributed by atoms with Crippen LogP contribution in [0.1, 0.15) is 29.1 Å². The first-order valence-corrected chi connectivity index (χ1v) is 6.65. The summed E-state index contributed by atoms with van der Waals surface area (Å²) in [6.07, 6.45) is 2.27. The van der Waals surface area contributed by atoms with Gasteiger partial charge in [-0.15, -0.1) is 0 Å². The maximum absolute atomic E-state index is 12.4. The zero-order chi connectivity index (χ0) is 13.7. The van der Waals surface area contributed by atoms with E-state index in [4.69, 9.17) is 9.26 Å². The molecule has 0 aliphatic carbocycles. The smallest absolute Gasteiger partial charge is 0.292 e. The van der Waals surface area contributed by atoms with E-state index in [1.165, 1.54) is 6.42 Å². The van der Waals surface area contributed by atoms with Crippen LogP contribution < -0.4 is 5.32 Å². The van der Waals surface area contributed by atoms with Crippen LogP contribution in [0.2, 0.25) is 0 Å². The third-order valence-corrected chi connectivity index (χ3v) is 3.29. The number of methoxy groups -OCH3 is 1. The molecule has 19 heavy (non-hydrogen) atoms. The van der Waals surface area contributed by atoms with E-state index in [-0.39, 0.29) is 5.91 Å². The summed E-state index contributed by atoms with van der Waals surface area (Å²) < 4.78 is 10.1. The molecule has 1 aliphatic heterocycles. The van der Waals surface area contributed by atoms with Crippen molar-refractivity contribution in [3.8, 4) is 0 Å². The van der Waals surface area contributed by atoms with Crippen LogP contribution in [0.5, 0.6) is 0 Å². The number of aromatic nitrogens is 1. The molecule has 0 radical (unpaired) electrons. The maximum atomic E-state index is 12.4. The molecule has 1 amide bonds. The van der Waals surface area contributed by atoms with E-state index in [0.717, 1.165) is 13.0 Å². The number of nitrogens with one attached hydrogen (secondary N) is 1. The summed E-state index contributed by atoms with van der Waals surface area (Å²) in [5.74, 6) is 0.179. The van der Waals surface area contributed by atoms with Crippen LogP contribution in [0.25, 0.3) is 0 Å². The van der Waals surface area contributed by atoms with Gasteiger partial charge < -0.3 is 19.5 Å². The standard InChI is InChI=1S/C13H21N3O3/c1-10-8-12(19-15-10)13(17)16(6-7-18-2)9-11-4-3-5-14-11/h8,11,14H,3-7,9H2,1-2H3. The van der Waals surface area contributed by atoms with Gasteiger partial charge in [0.25, 0.3) is 5.91 Å². The monoisotopic (exact) mass is 267 g/mol. The highest BCUT2D eigenvalue weighted by Gasteiger charge is 2.24. The molecular formula is C13H21N3O3. The molecule has 1 aromatic rings. The summed E-state index contributed by atoms with van der Waals surface area (Å²) in [7, 11) is 1.63. The van der Waals surface area contributed by atoms with Crippen molar-refractivity contribution in [2.24, 2.45) is 0 Å². The molecule has 0 aromatic carbocycles. The lowest BCUT2D eigenvalue weighted by atomic mass is 10.2. The molecule has 0 saturated carbocycles. The highest BCUT2D eigenvalue weighted by Crippen LogP contribution is 2.11. The Balaban J connectivity index is 2.00. The molecule has 2 rings (SSSR count). The van der Waals surface area contributed by atoms with E-state index in [9.17, 15) is 4.79 Å². The molecule has 1 N–H and O–H groups in total. The average Bonchev–Trinajstić information content (AvgIpc) is 3.05. The molecule has 0 spiro atoms. The fraction of sp³-hybridized carbons (Fsp3) is 0.692. The van der Waals surface area contributed by atoms with Crippen LogP contribution >= 0.6 is 0 Å². The van der Waals surface area contributed by atoms with Crippen LogP contribution in [0.4, 0.5) is 0 Å². The Bertz CT molecular complexity index is 413. The van der Waals surface area contributed by atoms with Gasteiger partial charge in [0.15, 0.2) is 0 Å². The number of aryl methyl sites for hydroxylation is 1. The quantitative estimate of drug-likeness (QED) is 0.826. The molecule has 2 heterocycles. The second-order valence-electron chi connectivity index (χ2n) is 4.87. The molecule has 1 unspecified atom stereocenters. The predicted molar refractivity (Wildman–Crippen MR) is 70.0 cm³/mol. The lowest BCUT2D eigenvalue weighted by Gasteiger charge is -2.24. The molecule has 1 saturated heterocycles. The van der Waals surface area contributed by atoms with E-state index in [1.54, 1.807) is 25.0 Å². The van der Waals surface area contributed by atoms with Gasteiger partial charge >= 0.3 is 0 Å². The maximum Gasteiger partial charge on any atom is 0.292 e. The van der Waals surface area contributed by atoms with Crippen LogP contribution in [-0.4, -0.2) is 55.4 Å². The molecule has 1 atom stereocenters. The molecule has 106 valence electrons. The van der Waals surface area contributed by atoms with Crippen molar-refractivity contribution in [2.75, 3.05) is 33.4 Å². The highest BCUT2D eigenvalue weighted by atomic mass is 16.5. The van der Waals surface area contributed by atoms with E-state index in [2.05, 4.69) is 10.5 Å². The van der Waals surface area contributed by atoms with Gasteiger partial charge in [-0.3, -0.25) is 4.79 Å². The second-order valence-corrected chi connectivity index (χ2v) is 4.87. The van der Waals surface area contributed by atoms with Crippen molar-refractivity contribution in [1.29, 1.82) is 0 Å². The van der Waals surface area contributed by atoms with Crippen LogP contribution in [0.3, 0.4) is 0 Å². The molecule has 6 heteroatoms. The van der Waals surface area contributed by atoms with Gasteiger partial charge in [0.05, 0.1) is 12.3 Å². The molecular weight excluding hydrogens is 246 g/mol. The minimum atomic E-state index is -0.119.